The van der Waals surface area contributed by atoms with E-state index in [0.29, 0.717) is 5.82 Å². The summed E-state index contributed by atoms with van der Waals surface area (Å²) in [7, 11) is 0. The van der Waals surface area contributed by atoms with Crippen LogP contribution in [-0.4, -0.2) is 25.2 Å². The van der Waals surface area contributed by atoms with Crippen molar-refractivity contribution < 1.29 is 0 Å². The molecule has 2 N–H and O–H groups in total. The van der Waals surface area contributed by atoms with Crippen molar-refractivity contribution in [2.45, 2.75) is 19.9 Å². The summed E-state index contributed by atoms with van der Waals surface area (Å²) in [6.45, 7) is 2.90. The zero-order valence-corrected chi connectivity index (χ0v) is 10.6. The lowest BCUT2D eigenvalue weighted by Crippen LogP contribution is -2.04. The predicted molar refractivity (Wildman–Crippen MR) is 73.3 cm³/mol. The largest absolute Gasteiger partial charge is 0.382 e. The Bertz CT molecular complexity index is 718. The highest BCUT2D eigenvalue weighted by Gasteiger charge is 2.13. The van der Waals surface area contributed by atoms with Gasteiger partial charge in [0.1, 0.15) is 11.4 Å². The topological polar surface area (TPSA) is 82.5 Å². The fourth-order valence-electron chi connectivity index (χ4n) is 2.13. The highest BCUT2D eigenvalue weighted by Crippen LogP contribution is 2.27. The molecular weight excluding hydrogens is 240 g/mol. The number of rotatable bonds is 3. The monoisotopic (exact) mass is 254 g/mol. The number of nitrogen functional groups attached to an aromatic ring is 1. The summed E-state index contributed by atoms with van der Waals surface area (Å²) in [5.41, 5.74) is 7.50. The molecule has 0 aliphatic carbocycles. The van der Waals surface area contributed by atoms with Gasteiger partial charge in [-0.25, -0.2) is 4.68 Å². The van der Waals surface area contributed by atoms with E-state index in [9.17, 15) is 0 Å². The maximum atomic E-state index is 5.86. The summed E-state index contributed by atoms with van der Waals surface area (Å²) < 4.78 is 1.84. The van der Waals surface area contributed by atoms with Crippen LogP contribution in [0.2, 0.25) is 0 Å². The smallest absolute Gasteiger partial charge is 0.154 e. The molecular formula is C13H14N6. The fourth-order valence-corrected chi connectivity index (χ4v) is 2.13. The van der Waals surface area contributed by atoms with E-state index < -0.39 is 0 Å². The molecule has 0 saturated heterocycles. The number of hydrogen-bond donors (Lipinski definition) is 1. The summed E-state index contributed by atoms with van der Waals surface area (Å²) >= 11 is 0. The van der Waals surface area contributed by atoms with Crippen LogP contribution < -0.4 is 5.73 Å². The maximum absolute atomic E-state index is 5.86. The van der Waals surface area contributed by atoms with Gasteiger partial charge < -0.3 is 5.73 Å². The van der Waals surface area contributed by atoms with Gasteiger partial charge in [-0.1, -0.05) is 36.4 Å². The molecule has 6 nitrogen and oxygen atoms in total. The van der Waals surface area contributed by atoms with Crippen molar-refractivity contribution in [2.24, 2.45) is 0 Å². The Kier molecular flexibility index (Phi) is 2.83. The zero-order chi connectivity index (χ0) is 13.2. The Morgan fingerprint density at radius 2 is 1.95 bits per heavy atom. The van der Waals surface area contributed by atoms with Gasteiger partial charge in [-0.05, 0) is 6.42 Å². The molecule has 0 saturated carbocycles. The first-order valence-corrected chi connectivity index (χ1v) is 6.21. The third-order valence-corrected chi connectivity index (χ3v) is 3.01. The molecule has 0 aliphatic rings. The molecule has 0 fully saturated rings. The van der Waals surface area contributed by atoms with E-state index in [2.05, 4.69) is 27.4 Å². The van der Waals surface area contributed by atoms with Crippen molar-refractivity contribution >= 4 is 16.6 Å². The number of aromatic nitrogens is 5. The number of nitrogens with two attached hydrogens (primary N) is 1. The van der Waals surface area contributed by atoms with Crippen LogP contribution in [-0.2, 0) is 6.54 Å². The van der Waals surface area contributed by atoms with E-state index >= 15 is 0 Å². The van der Waals surface area contributed by atoms with E-state index in [1.807, 2.05) is 28.9 Å². The molecule has 2 heterocycles. The Morgan fingerprint density at radius 3 is 2.74 bits per heavy atom. The second kappa shape index (κ2) is 4.64. The molecule has 19 heavy (non-hydrogen) atoms. The number of anilines is 1. The highest BCUT2D eigenvalue weighted by molar-refractivity contribution is 5.98. The van der Waals surface area contributed by atoms with Crippen LogP contribution in [0.4, 0.5) is 5.82 Å². The SMILES string of the molecule is CCCn1nncc1-c1nnc(N)c2ccccc12. The first kappa shape index (κ1) is 11.6. The van der Waals surface area contributed by atoms with Gasteiger partial charge in [-0.2, -0.15) is 0 Å². The lowest BCUT2D eigenvalue weighted by atomic mass is 10.1. The molecule has 0 amide bonds. The van der Waals surface area contributed by atoms with Gasteiger partial charge in [-0.15, -0.1) is 15.3 Å². The Labute approximate surface area is 110 Å². The molecule has 0 bridgehead atoms. The second-order valence-electron chi connectivity index (χ2n) is 4.32. The third kappa shape index (κ3) is 1.91. The Balaban J connectivity index is 2.25. The number of aryl methyl sites for hydroxylation is 1. The number of fused-ring (bicyclic) bond motifs is 1. The lowest BCUT2D eigenvalue weighted by molar-refractivity contribution is 0.583. The van der Waals surface area contributed by atoms with Gasteiger partial charge >= 0.3 is 0 Å². The van der Waals surface area contributed by atoms with Crippen LogP contribution in [0.5, 0.6) is 0 Å². The predicted octanol–water partition coefficient (Wildman–Crippen LogP) is 1.88. The van der Waals surface area contributed by atoms with Crippen LogP contribution in [0, 0.1) is 0 Å². The Morgan fingerprint density at radius 1 is 1.16 bits per heavy atom. The minimum Gasteiger partial charge on any atom is -0.382 e. The summed E-state index contributed by atoms with van der Waals surface area (Å²) in [4.78, 5) is 0. The van der Waals surface area contributed by atoms with Gasteiger partial charge in [0, 0.05) is 17.3 Å². The van der Waals surface area contributed by atoms with Crippen LogP contribution in [0.15, 0.2) is 30.5 Å². The molecule has 0 atom stereocenters. The van der Waals surface area contributed by atoms with Crippen LogP contribution in [0.1, 0.15) is 13.3 Å². The number of nitrogens with zero attached hydrogens (tertiary/aromatic N) is 5. The quantitative estimate of drug-likeness (QED) is 0.771. The average Bonchev–Trinajstić information content (AvgIpc) is 2.88. The fraction of sp³-hybridized carbons (Fsp3) is 0.231. The average molecular weight is 254 g/mol. The lowest BCUT2D eigenvalue weighted by Gasteiger charge is -2.07. The normalized spacial score (nSPS) is 11.0. The van der Waals surface area contributed by atoms with E-state index in [0.717, 1.165) is 35.1 Å². The molecule has 96 valence electrons. The minimum atomic E-state index is 0.439. The molecule has 0 spiro atoms. The molecule has 3 aromatic rings. The molecule has 1 aromatic carbocycles. The number of benzene rings is 1. The van der Waals surface area contributed by atoms with Crippen molar-refractivity contribution in [1.29, 1.82) is 0 Å². The van der Waals surface area contributed by atoms with Crippen molar-refractivity contribution in [1.82, 2.24) is 25.2 Å². The Hall–Kier alpha value is -2.50. The van der Waals surface area contributed by atoms with Crippen LogP contribution in [0.3, 0.4) is 0 Å². The van der Waals surface area contributed by atoms with E-state index in [1.165, 1.54) is 0 Å². The van der Waals surface area contributed by atoms with E-state index in [-0.39, 0.29) is 0 Å². The summed E-state index contributed by atoms with van der Waals surface area (Å²) in [6, 6.07) is 7.82. The third-order valence-electron chi connectivity index (χ3n) is 3.01. The summed E-state index contributed by atoms with van der Waals surface area (Å²) in [5.74, 6) is 0.439. The minimum absolute atomic E-state index is 0.439. The maximum Gasteiger partial charge on any atom is 0.154 e. The molecule has 0 radical (unpaired) electrons. The molecule has 2 aromatic heterocycles. The molecule has 0 aliphatic heterocycles. The van der Waals surface area contributed by atoms with E-state index in [4.69, 9.17) is 5.73 Å². The highest BCUT2D eigenvalue weighted by atomic mass is 15.4. The van der Waals surface area contributed by atoms with Gasteiger partial charge in [0.15, 0.2) is 5.82 Å². The number of hydrogen-bond acceptors (Lipinski definition) is 5. The van der Waals surface area contributed by atoms with Gasteiger partial charge in [-0.3, -0.25) is 0 Å². The van der Waals surface area contributed by atoms with Gasteiger partial charge in [0.25, 0.3) is 0 Å². The van der Waals surface area contributed by atoms with Crippen molar-refractivity contribution in [3.63, 3.8) is 0 Å². The van der Waals surface area contributed by atoms with Crippen LogP contribution >= 0.6 is 0 Å². The first-order valence-electron chi connectivity index (χ1n) is 6.21. The van der Waals surface area contributed by atoms with Crippen molar-refractivity contribution in [3.05, 3.63) is 30.5 Å². The van der Waals surface area contributed by atoms with Gasteiger partial charge in [0.05, 0.1) is 6.20 Å². The molecule has 3 rings (SSSR count). The molecule has 0 unspecified atom stereocenters. The van der Waals surface area contributed by atoms with E-state index in [1.54, 1.807) is 6.20 Å². The molecule has 6 heteroatoms. The summed E-state index contributed by atoms with van der Waals surface area (Å²) in [5, 5.41) is 18.1. The van der Waals surface area contributed by atoms with Crippen molar-refractivity contribution in [3.8, 4) is 11.4 Å². The second-order valence-corrected chi connectivity index (χ2v) is 4.32. The standard InChI is InChI=1S/C13H14N6/c1-2-7-19-11(8-15-18-19)12-9-5-3-4-6-10(9)13(14)17-16-12/h3-6,8H,2,7H2,1H3,(H2,14,17). The summed E-state index contributed by atoms with van der Waals surface area (Å²) in [6.07, 6.45) is 2.69. The van der Waals surface area contributed by atoms with Crippen molar-refractivity contribution in [2.75, 3.05) is 5.73 Å². The van der Waals surface area contributed by atoms with Crippen LogP contribution in [0.25, 0.3) is 22.2 Å². The zero-order valence-electron chi connectivity index (χ0n) is 10.6. The first-order chi connectivity index (χ1) is 9.31. The van der Waals surface area contributed by atoms with Gasteiger partial charge in [0.2, 0.25) is 0 Å².